The van der Waals surface area contributed by atoms with Crippen molar-refractivity contribution in [2.75, 3.05) is 6.61 Å². The van der Waals surface area contributed by atoms with Crippen LogP contribution in [0.2, 0.25) is 0 Å². The van der Waals surface area contributed by atoms with Gasteiger partial charge in [-0.3, -0.25) is 0 Å². The largest absolute Gasteiger partial charge is 0.548 e. The van der Waals surface area contributed by atoms with E-state index in [-0.39, 0.29) is 0 Å². The van der Waals surface area contributed by atoms with Crippen molar-refractivity contribution in [2.45, 2.75) is 6.04 Å². The Morgan fingerprint density at radius 1 is 1.70 bits per heavy atom. The molecule has 1 atom stereocenters. The quantitative estimate of drug-likeness (QED) is 0.389. The van der Waals surface area contributed by atoms with Crippen LogP contribution in [-0.2, 0) is 4.79 Å². The number of hydrogen-bond donors (Lipinski definition) is 3. The van der Waals surface area contributed by atoms with Crippen molar-refractivity contribution in [3.63, 3.8) is 0 Å². The molecule has 0 aromatic carbocycles. The van der Waals surface area contributed by atoms with E-state index in [4.69, 9.17) is 5.11 Å². The molecular weight excluding hydrogens is 140 g/mol. The summed E-state index contributed by atoms with van der Waals surface area (Å²) in [5.74, 6) is -1.57. The summed E-state index contributed by atoms with van der Waals surface area (Å²) >= 11 is 0. The maximum absolute atomic E-state index is 9.98. The summed E-state index contributed by atoms with van der Waals surface area (Å²) in [5.41, 5.74) is 4.55. The highest BCUT2D eigenvalue weighted by Gasteiger charge is 2.08. The van der Waals surface area contributed by atoms with Crippen LogP contribution < -0.4 is 16.2 Å². The highest BCUT2D eigenvalue weighted by molar-refractivity contribution is 5.80. The Morgan fingerprint density at radius 3 is 2.30 bits per heavy atom. The van der Waals surface area contributed by atoms with E-state index >= 15 is 0 Å². The van der Waals surface area contributed by atoms with Crippen LogP contribution in [0.4, 0.5) is 4.79 Å². The number of amides is 2. The number of carbonyl (C=O) groups is 2. The highest BCUT2D eigenvalue weighted by Crippen LogP contribution is 1.76. The van der Waals surface area contributed by atoms with Crippen molar-refractivity contribution in [1.29, 1.82) is 0 Å². The first-order valence-electron chi connectivity index (χ1n) is 2.45. The van der Waals surface area contributed by atoms with Crippen molar-refractivity contribution in [2.24, 2.45) is 5.73 Å². The van der Waals surface area contributed by atoms with Crippen LogP contribution >= 0.6 is 0 Å². The van der Waals surface area contributed by atoms with Crippen LogP contribution in [0.3, 0.4) is 0 Å². The Bertz CT molecular complexity index is 146. The number of primary amides is 1. The first-order valence-corrected chi connectivity index (χ1v) is 2.45. The second-order valence-corrected chi connectivity index (χ2v) is 1.56. The molecule has 58 valence electrons. The molecule has 0 rings (SSSR count). The molecule has 0 aliphatic rings. The predicted molar refractivity (Wildman–Crippen MR) is 28.6 cm³/mol. The van der Waals surface area contributed by atoms with Crippen LogP contribution in [-0.4, -0.2) is 29.8 Å². The van der Waals surface area contributed by atoms with Gasteiger partial charge in [0.05, 0.1) is 18.6 Å². The van der Waals surface area contributed by atoms with Gasteiger partial charge in [0.25, 0.3) is 0 Å². The number of aliphatic hydroxyl groups is 1. The van der Waals surface area contributed by atoms with E-state index in [1.807, 2.05) is 0 Å². The number of nitrogens with two attached hydrogens (primary N) is 1. The molecule has 0 aromatic rings. The van der Waals surface area contributed by atoms with Crippen molar-refractivity contribution >= 4 is 12.0 Å². The Kier molecular flexibility index (Phi) is 3.20. The molecule has 0 bridgehead atoms. The first-order chi connectivity index (χ1) is 4.57. The van der Waals surface area contributed by atoms with E-state index in [0.29, 0.717) is 0 Å². The van der Waals surface area contributed by atoms with Gasteiger partial charge in [-0.05, 0) is 0 Å². The Morgan fingerprint density at radius 2 is 2.20 bits per heavy atom. The average Bonchev–Trinajstić information content (AvgIpc) is 1.81. The molecule has 4 N–H and O–H groups in total. The lowest BCUT2D eigenvalue weighted by atomic mass is 10.3. The smallest absolute Gasteiger partial charge is 0.312 e. The molecule has 2 amide bonds. The third kappa shape index (κ3) is 2.88. The molecule has 0 aromatic heterocycles. The van der Waals surface area contributed by atoms with Crippen molar-refractivity contribution in [3.8, 4) is 0 Å². The average molecular weight is 147 g/mol. The second kappa shape index (κ2) is 3.67. The fourth-order valence-corrected chi connectivity index (χ4v) is 0.351. The summed E-state index contributed by atoms with van der Waals surface area (Å²) in [4.78, 5) is 19.9. The molecule has 0 unspecified atom stereocenters. The van der Waals surface area contributed by atoms with Gasteiger partial charge in [0.15, 0.2) is 0 Å². The molecular formula is C4H7N2O4-. The lowest BCUT2D eigenvalue weighted by Gasteiger charge is -2.14. The number of urea groups is 1. The fourth-order valence-electron chi connectivity index (χ4n) is 0.351. The van der Waals surface area contributed by atoms with Crippen molar-refractivity contribution < 1.29 is 19.8 Å². The molecule has 0 heterocycles. The molecule has 0 aliphatic heterocycles. The summed E-state index contributed by atoms with van der Waals surface area (Å²) in [5, 5.41) is 19.9. The highest BCUT2D eigenvalue weighted by atomic mass is 16.4. The predicted octanol–water partition coefficient (Wildman–Crippen LogP) is -3.23. The van der Waals surface area contributed by atoms with Gasteiger partial charge in [-0.25, -0.2) is 4.79 Å². The molecule has 0 spiro atoms. The summed E-state index contributed by atoms with van der Waals surface area (Å²) in [6, 6.07) is -2.43. The van der Waals surface area contributed by atoms with Crippen molar-refractivity contribution in [3.05, 3.63) is 0 Å². The third-order valence-electron chi connectivity index (χ3n) is 0.784. The maximum Gasteiger partial charge on any atom is 0.312 e. The second-order valence-electron chi connectivity index (χ2n) is 1.56. The Balaban J connectivity index is 3.83. The van der Waals surface area contributed by atoms with E-state index in [1.165, 1.54) is 0 Å². The number of carboxylic acids is 1. The zero-order valence-corrected chi connectivity index (χ0v) is 5.03. The Labute approximate surface area is 56.6 Å². The zero-order valence-electron chi connectivity index (χ0n) is 5.03. The van der Waals surface area contributed by atoms with E-state index in [9.17, 15) is 14.7 Å². The number of aliphatic carboxylic acids is 1. The number of rotatable bonds is 3. The van der Waals surface area contributed by atoms with E-state index < -0.39 is 24.6 Å². The summed E-state index contributed by atoms with van der Waals surface area (Å²) < 4.78 is 0. The number of carbonyl (C=O) groups excluding carboxylic acids is 2. The van der Waals surface area contributed by atoms with Gasteiger partial charge < -0.3 is 26.1 Å². The lowest BCUT2D eigenvalue weighted by Crippen LogP contribution is -2.51. The standard InChI is InChI=1S/C4H8N2O4/c5-4(10)6-2(1-7)3(8)9/h2,7H,1H2,(H,8,9)(H3,5,6,10)/p-1/t2-/m0/s1. The molecule has 0 aliphatic carbocycles. The minimum atomic E-state index is -1.57. The van der Waals surface area contributed by atoms with Crippen LogP contribution in [0, 0.1) is 0 Å². The fraction of sp³-hybridized carbons (Fsp3) is 0.500. The van der Waals surface area contributed by atoms with E-state index in [0.717, 1.165) is 0 Å². The topological polar surface area (TPSA) is 115 Å². The summed E-state index contributed by atoms with van der Waals surface area (Å²) in [6.07, 6.45) is 0. The van der Waals surface area contributed by atoms with Gasteiger partial charge in [-0.1, -0.05) is 0 Å². The van der Waals surface area contributed by atoms with Gasteiger partial charge in [0, 0.05) is 0 Å². The number of carboxylic acid groups (broad SMARTS) is 1. The Hall–Kier alpha value is -1.30. The molecule has 6 heteroatoms. The monoisotopic (exact) mass is 147 g/mol. The zero-order chi connectivity index (χ0) is 8.15. The number of nitrogens with one attached hydrogen (secondary N) is 1. The number of hydrogen-bond acceptors (Lipinski definition) is 4. The molecule has 0 saturated heterocycles. The number of aliphatic hydroxyl groups excluding tert-OH is 1. The lowest BCUT2D eigenvalue weighted by molar-refractivity contribution is -0.308. The van der Waals surface area contributed by atoms with Gasteiger partial charge in [0.1, 0.15) is 0 Å². The normalized spacial score (nSPS) is 12.1. The van der Waals surface area contributed by atoms with Crippen molar-refractivity contribution in [1.82, 2.24) is 5.32 Å². The molecule has 10 heavy (non-hydrogen) atoms. The minimum absolute atomic E-state index is 0.731. The van der Waals surface area contributed by atoms with Crippen LogP contribution in [0.5, 0.6) is 0 Å². The SMILES string of the molecule is NC(=O)N[C@@H](CO)C(=O)[O-]. The summed E-state index contributed by atoms with van der Waals surface area (Å²) in [7, 11) is 0. The van der Waals surface area contributed by atoms with Gasteiger partial charge in [-0.2, -0.15) is 0 Å². The van der Waals surface area contributed by atoms with Gasteiger partial charge >= 0.3 is 6.03 Å². The van der Waals surface area contributed by atoms with Crippen LogP contribution in [0.1, 0.15) is 0 Å². The van der Waals surface area contributed by atoms with Gasteiger partial charge in [-0.15, -0.1) is 0 Å². The van der Waals surface area contributed by atoms with Crippen LogP contribution in [0.25, 0.3) is 0 Å². The molecule has 0 saturated carbocycles. The van der Waals surface area contributed by atoms with E-state index in [2.05, 4.69) is 5.73 Å². The van der Waals surface area contributed by atoms with Crippen LogP contribution in [0.15, 0.2) is 0 Å². The first kappa shape index (κ1) is 8.70. The minimum Gasteiger partial charge on any atom is -0.548 e. The van der Waals surface area contributed by atoms with E-state index in [1.54, 1.807) is 5.32 Å². The summed E-state index contributed by atoms with van der Waals surface area (Å²) in [6.45, 7) is -0.731. The molecule has 0 fully saturated rings. The molecule has 0 radical (unpaired) electrons. The molecule has 6 nitrogen and oxygen atoms in total. The maximum atomic E-state index is 9.98. The van der Waals surface area contributed by atoms with Gasteiger partial charge in [0.2, 0.25) is 0 Å². The third-order valence-corrected chi connectivity index (χ3v) is 0.784.